The van der Waals surface area contributed by atoms with Gasteiger partial charge >= 0.3 is 11.9 Å². The van der Waals surface area contributed by atoms with Gasteiger partial charge in [-0.2, -0.15) is 0 Å². The number of hydrogen-bond acceptors (Lipinski definition) is 7. The summed E-state index contributed by atoms with van der Waals surface area (Å²) < 4.78 is 27.4. The lowest BCUT2D eigenvalue weighted by Gasteiger charge is -2.58. The number of rotatable bonds is 6. The van der Waals surface area contributed by atoms with E-state index in [0.29, 0.717) is 6.42 Å². The summed E-state index contributed by atoms with van der Waals surface area (Å²) in [6, 6.07) is 0. The van der Waals surface area contributed by atoms with Crippen molar-refractivity contribution < 1.29 is 37.8 Å². The van der Waals surface area contributed by atoms with Gasteiger partial charge in [-0.05, 0) is 38.5 Å². The predicted molar refractivity (Wildman–Crippen MR) is 114 cm³/mol. The highest BCUT2D eigenvalue weighted by Crippen LogP contribution is 2.68. The zero-order valence-corrected chi connectivity index (χ0v) is 19.6. The Morgan fingerprint density at radius 3 is 2.33 bits per heavy atom. The molecule has 0 aromatic heterocycles. The van der Waals surface area contributed by atoms with Crippen LogP contribution in [0.4, 0.5) is 4.39 Å². The second-order valence-electron chi connectivity index (χ2n) is 10.1. The second-order valence-corrected chi connectivity index (χ2v) is 10.1. The molecular formula is C25H31FO7. The van der Waals surface area contributed by atoms with Crippen LogP contribution >= 0.6 is 0 Å². The van der Waals surface area contributed by atoms with E-state index in [1.54, 1.807) is 6.92 Å². The molecule has 0 unspecified atom stereocenters. The van der Waals surface area contributed by atoms with Gasteiger partial charge in [0.2, 0.25) is 5.78 Å². The first-order valence-electron chi connectivity index (χ1n) is 11.4. The average Bonchev–Trinajstić information content (AvgIpc) is 3.01. The third kappa shape index (κ3) is 3.43. The minimum atomic E-state index is -2.41. The molecule has 0 aliphatic heterocycles. The molecule has 0 bridgehead atoms. The van der Waals surface area contributed by atoms with Crippen molar-refractivity contribution in [2.75, 3.05) is 6.61 Å². The summed E-state index contributed by atoms with van der Waals surface area (Å²) in [7, 11) is 0. The first-order chi connectivity index (χ1) is 15.3. The lowest BCUT2D eigenvalue weighted by atomic mass is 9.45. The van der Waals surface area contributed by atoms with Gasteiger partial charge in [-0.3, -0.25) is 24.0 Å². The highest BCUT2D eigenvalue weighted by atomic mass is 19.1. The fraction of sp³-hybridized carbons (Fsp3) is 0.720. The molecule has 180 valence electrons. The number of esters is 2. The predicted octanol–water partition coefficient (Wildman–Crippen LogP) is 2.92. The maximum atomic E-state index is 16.9. The molecule has 0 aromatic carbocycles. The van der Waals surface area contributed by atoms with Gasteiger partial charge in [0.1, 0.15) is 5.78 Å². The summed E-state index contributed by atoms with van der Waals surface area (Å²) in [5, 5.41) is 0. The van der Waals surface area contributed by atoms with Crippen LogP contribution in [0.1, 0.15) is 72.6 Å². The monoisotopic (exact) mass is 462 g/mol. The number of terminal acetylenes is 1. The number of Topliss-reactive ketones (excluding diaryl/α,β-unsaturated/α-hetero) is 3. The third-order valence-corrected chi connectivity index (χ3v) is 8.52. The Kier molecular flexibility index (Phi) is 6.33. The van der Waals surface area contributed by atoms with E-state index in [2.05, 4.69) is 5.92 Å². The Hall–Kier alpha value is -2.56. The van der Waals surface area contributed by atoms with Crippen LogP contribution in [0.5, 0.6) is 0 Å². The summed E-state index contributed by atoms with van der Waals surface area (Å²) in [4.78, 5) is 63.1. The molecule has 6 atom stereocenters. The van der Waals surface area contributed by atoms with Crippen LogP contribution in [-0.2, 0) is 33.4 Å². The van der Waals surface area contributed by atoms with Crippen LogP contribution in [0, 0.1) is 35.0 Å². The molecule has 8 heteroatoms. The van der Waals surface area contributed by atoms with Gasteiger partial charge in [0, 0.05) is 44.4 Å². The van der Waals surface area contributed by atoms with Crippen LogP contribution in [-0.4, -0.2) is 47.2 Å². The zero-order chi connectivity index (χ0) is 24.8. The molecule has 0 aromatic rings. The third-order valence-electron chi connectivity index (χ3n) is 8.52. The van der Waals surface area contributed by atoms with Crippen molar-refractivity contribution in [2.45, 2.75) is 83.9 Å². The molecule has 3 aliphatic carbocycles. The van der Waals surface area contributed by atoms with Gasteiger partial charge in [0.15, 0.2) is 23.7 Å². The normalized spacial score (nSPS) is 39.8. The Bertz CT molecular complexity index is 951. The number of halogens is 1. The van der Waals surface area contributed by atoms with E-state index in [1.165, 1.54) is 6.92 Å². The summed E-state index contributed by atoms with van der Waals surface area (Å²) in [6.07, 6.45) is 5.92. The summed E-state index contributed by atoms with van der Waals surface area (Å²) >= 11 is 0. The SMILES string of the molecule is C#CCC[C@@]1(C)C(=O)CC[C@H]2[C@@H]3CC[C@](OC(C)=O)(C(=O)COC(C)=O)[C@@]3(C)CC(=O)[C@@]21F. The maximum Gasteiger partial charge on any atom is 0.303 e. The van der Waals surface area contributed by atoms with E-state index in [1.807, 2.05) is 0 Å². The van der Waals surface area contributed by atoms with Gasteiger partial charge in [-0.25, -0.2) is 4.39 Å². The first-order valence-corrected chi connectivity index (χ1v) is 11.4. The Labute approximate surface area is 193 Å². The van der Waals surface area contributed by atoms with E-state index in [-0.39, 0.29) is 44.3 Å². The van der Waals surface area contributed by atoms with Crippen LogP contribution < -0.4 is 0 Å². The molecule has 3 aliphatic rings. The molecule has 0 N–H and O–H groups in total. The Morgan fingerprint density at radius 2 is 1.76 bits per heavy atom. The van der Waals surface area contributed by atoms with Crippen molar-refractivity contribution in [3.05, 3.63) is 0 Å². The van der Waals surface area contributed by atoms with Crippen LogP contribution in [0.25, 0.3) is 0 Å². The standard InChI is InChI=1S/C25H31FO7/c1-6-7-11-22(4)19(29)9-8-18-17-10-12-24(33-16(3)28,21(31)14-32-15(2)27)23(17,5)13-20(30)25(18,22)26/h1,17-18H,7-14H2,2-5H3/t17-,18-,22-,23-,24-,25-/m0/s1. The quantitative estimate of drug-likeness (QED) is 0.442. The lowest BCUT2D eigenvalue weighted by Crippen LogP contribution is -2.69. The fourth-order valence-electron chi connectivity index (χ4n) is 6.87. The molecule has 0 heterocycles. The minimum absolute atomic E-state index is 0.0605. The lowest BCUT2D eigenvalue weighted by molar-refractivity contribution is -0.204. The van der Waals surface area contributed by atoms with E-state index in [0.717, 1.165) is 13.8 Å². The number of carbonyl (C=O) groups excluding carboxylic acids is 5. The van der Waals surface area contributed by atoms with Crippen molar-refractivity contribution in [3.63, 3.8) is 0 Å². The molecule has 3 saturated carbocycles. The summed E-state index contributed by atoms with van der Waals surface area (Å²) in [6.45, 7) is 4.87. The van der Waals surface area contributed by atoms with Crippen molar-refractivity contribution in [1.29, 1.82) is 0 Å². The van der Waals surface area contributed by atoms with Gasteiger partial charge < -0.3 is 9.47 Å². The van der Waals surface area contributed by atoms with Crippen LogP contribution in [0.3, 0.4) is 0 Å². The number of fused-ring (bicyclic) bond motifs is 3. The van der Waals surface area contributed by atoms with Crippen molar-refractivity contribution >= 4 is 29.3 Å². The van der Waals surface area contributed by atoms with E-state index < -0.39 is 64.0 Å². The van der Waals surface area contributed by atoms with E-state index in [9.17, 15) is 24.0 Å². The minimum Gasteiger partial charge on any atom is -0.458 e. The second kappa shape index (κ2) is 8.34. The highest BCUT2D eigenvalue weighted by Gasteiger charge is 2.76. The Balaban J connectivity index is 2.09. The topological polar surface area (TPSA) is 104 Å². The van der Waals surface area contributed by atoms with E-state index >= 15 is 4.39 Å². The number of ether oxygens (including phenoxy) is 2. The van der Waals surface area contributed by atoms with Crippen LogP contribution in [0.15, 0.2) is 0 Å². The number of alkyl halides is 1. The molecule has 0 saturated heterocycles. The van der Waals surface area contributed by atoms with Gasteiger partial charge in [-0.15, -0.1) is 12.3 Å². The summed E-state index contributed by atoms with van der Waals surface area (Å²) in [5.41, 5.74) is -6.86. The fourth-order valence-corrected chi connectivity index (χ4v) is 6.87. The van der Waals surface area contributed by atoms with Gasteiger partial charge in [0.05, 0.1) is 5.41 Å². The first kappa shape index (κ1) is 25.1. The number of hydrogen-bond donors (Lipinski definition) is 0. The van der Waals surface area contributed by atoms with E-state index in [4.69, 9.17) is 15.9 Å². The summed E-state index contributed by atoms with van der Waals surface area (Å²) in [5.74, 6) is -1.95. The number of ketones is 3. The molecule has 0 spiro atoms. The molecule has 3 fully saturated rings. The molecule has 7 nitrogen and oxygen atoms in total. The molecule has 3 rings (SSSR count). The van der Waals surface area contributed by atoms with Crippen molar-refractivity contribution in [3.8, 4) is 12.3 Å². The molecular weight excluding hydrogens is 431 g/mol. The Morgan fingerprint density at radius 1 is 1.09 bits per heavy atom. The van der Waals surface area contributed by atoms with Crippen molar-refractivity contribution in [2.24, 2.45) is 22.7 Å². The smallest absolute Gasteiger partial charge is 0.303 e. The molecule has 0 amide bonds. The highest BCUT2D eigenvalue weighted by molar-refractivity contribution is 6.01. The van der Waals surface area contributed by atoms with Crippen LogP contribution in [0.2, 0.25) is 0 Å². The molecule has 0 radical (unpaired) electrons. The number of carbonyl (C=O) groups is 5. The van der Waals surface area contributed by atoms with Gasteiger partial charge in [0.25, 0.3) is 0 Å². The largest absolute Gasteiger partial charge is 0.458 e. The van der Waals surface area contributed by atoms with Gasteiger partial charge in [-0.1, -0.05) is 6.92 Å². The molecule has 33 heavy (non-hydrogen) atoms. The maximum absolute atomic E-state index is 16.9. The van der Waals surface area contributed by atoms with Crippen molar-refractivity contribution in [1.82, 2.24) is 0 Å². The average molecular weight is 463 g/mol. The zero-order valence-electron chi connectivity index (χ0n) is 19.6.